The highest BCUT2D eigenvalue weighted by atomic mass is 16.5. The van der Waals surface area contributed by atoms with Gasteiger partial charge in [-0.3, -0.25) is 0 Å². The summed E-state index contributed by atoms with van der Waals surface area (Å²) >= 11 is 0. The number of rotatable bonds is 2. The molecular weight excluding hydrogens is 180 g/mol. The first-order chi connectivity index (χ1) is 6.77. The number of hydrogen-bond acceptors (Lipinski definition) is 3. The van der Waals surface area contributed by atoms with Crippen molar-refractivity contribution in [2.75, 3.05) is 14.2 Å². The van der Waals surface area contributed by atoms with Crippen LogP contribution in [0.4, 0.5) is 0 Å². The maximum absolute atomic E-state index is 9.78. The second kappa shape index (κ2) is 3.25. The predicted molar refractivity (Wildman–Crippen MR) is 53.9 cm³/mol. The molecule has 0 unspecified atom stereocenters. The predicted octanol–water partition coefficient (Wildman–Crippen LogP) is 1.98. The molecule has 0 heterocycles. The monoisotopic (exact) mass is 192 g/mol. The number of hydrogen-bond donors (Lipinski definition) is 1. The van der Waals surface area contributed by atoms with E-state index in [2.05, 4.69) is 0 Å². The number of allylic oxidation sites excluding steroid dienone is 1. The van der Waals surface area contributed by atoms with Crippen molar-refractivity contribution in [1.29, 1.82) is 0 Å². The minimum Gasteiger partial charge on any atom is -0.502 e. The normalized spacial score (nSPS) is 12.7. The fraction of sp³-hybridized carbons (Fsp3) is 0.273. The number of phenolic OH excluding ortho intramolecular Hbond substituents is 1. The number of benzene rings is 1. The van der Waals surface area contributed by atoms with Gasteiger partial charge in [-0.15, -0.1) is 0 Å². The number of methoxy groups -OCH3 is 2. The molecule has 14 heavy (non-hydrogen) atoms. The van der Waals surface area contributed by atoms with Crippen LogP contribution in [0.1, 0.15) is 11.1 Å². The van der Waals surface area contributed by atoms with Gasteiger partial charge in [0.2, 0.25) is 5.75 Å². The summed E-state index contributed by atoms with van der Waals surface area (Å²) < 4.78 is 10.2. The van der Waals surface area contributed by atoms with Crippen molar-refractivity contribution in [3.63, 3.8) is 0 Å². The van der Waals surface area contributed by atoms with Crippen molar-refractivity contribution in [3.8, 4) is 17.2 Å². The van der Waals surface area contributed by atoms with Crippen molar-refractivity contribution in [2.45, 2.75) is 6.42 Å². The van der Waals surface area contributed by atoms with E-state index in [-0.39, 0.29) is 5.75 Å². The quantitative estimate of drug-likeness (QED) is 0.778. The van der Waals surface area contributed by atoms with Crippen LogP contribution in [0.25, 0.3) is 6.08 Å². The van der Waals surface area contributed by atoms with Crippen LogP contribution in [0.15, 0.2) is 12.1 Å². The van der Waals surface area contributed by atoms with Gasteiger partial charge in [-0.2, -0.15) is 0 Å². The third-order valence-electron chi connectivity index (χ3n) is 2.40. The fourth-order valence-corrected chi connectivity index (χ4v) is 1.72. The first-order valence-corrected chi connectivity index (χ1v) is 4.41. The van der Waals surface area contributed by atoms with Gasteiger partial charge in [-0.1, -0.05) is 12.2 Å². The molecule has 0 radical (unpaired) electrons. The SMILES string of the molecule is COc1cc2c(c(OC)c1O)CC=C2. The molecule has 2 rings (SSSR count). The van der Waals surface area contributed by atoms with Crippen molar-refractivity contribution in [3.05, 3.63) is 23.3 Å². The van der Waals surface area contributed by atoms with E-state index in [0.29, 0.717) is 11.5 Å². The summed E-state index contributed by atoms with van der Waals surface area (Å²) in [7, 11) is 3.08. The highest BCUT2D eigenvalue weighted by Crippen LogP contribution is 2.43. The Balaban J connectivity index is 2.64. The molecule has 0 saturated carbocycles. The third kappa shape index (κ3) is 1.13. The Labute approximate surface area is 82.6 Å². The van der Waals surface area contributed by atoms with Crippen LogP contribution in [0, 0.1) is 0 Å². The van der Waals surface area contributed by atoms with Crippen molar-refractivity contribution < 1.29 is 14.6 Å². The lowest BCUT2D eigenvalue weighted by Gasteiger charge is -2.12. The average molecular weight is 192 g/mol. The van der Waals surface area contributed by atoms with Gasteiger partial charge in [0.1, 0.15) is 0 Å². The molecule has 74 valence electrons. The van der Waals surface area contributed by atoms with E-state index in [4.69, 9.17) is 9.47 Å². The highest BCUT2D eigenvalue weighted by Gasteiger charge is 2.19. The van der Waals surface area contributed by atoms with Gasteiger partial charge in [0, 0.05) is 5.56 Å². The molecule has 0 aromatic heterocycles. The lowest BCUT2D eigenvalue weighted by Crippen LogP contribution is -1.94. The summed E-state index contributed by atoms with van der Waals surface area (Å²) in [5.74, 6) is 1.05. The lowest BCUT2D eigenvalue weighted by atomic mass is 10.1. The average Bonchev–Trinajstić information content (AvgIpc) is 2.64. The fourth-order valence-electron chi connectivity index (χ4n) is 1.72. The number of aromatic hydroxyl groups is 1. The zero-order chi connectivity index (χ0) is 10.1. The molecule has 0 fully saturated rings. The Morgan fingerprint density at radius 1 is 1.29 bits per heavy atom. The van der Waals surface area contributed by atoms with E-state index in [0.717, 1.165) is 17.5 Å². The van der Waals surface area contributed by atoms with Crippen LogP contribution in [0.3, 0.4) is 0 Å². The van der Waals surface area contributed by atoms with Crippen molar-refractivity contribution in [1.82, 2.24) is 0 Å². The molecule has 0 spiro atoms. The summed E-state index contributed by atoms with van der Waals surface area (Å²) in [6, 6.07) is 1.82. The smallest absolute Gasteiger partial charge is 0.201 e. The Morgan fingerprint density at radius 2 is 2.07 bits per heavy atom. The number of phenols is 1. The molecule has 3 nitrogen and oxygen atoms in total. The Morgan fingerprint density at radius 3 is 2.71 bits per heavy atom. The zero-order valence-electron chi connectivity index (χ0n) is 8.20. The second-order valence-electron chi connectivity index (χ2n) is 3.13. The molecule has 1 N–H and O–H groups in total. The minimum absolute atomic E-state index is 0.0810. The van der Waals surface area contributed by atoms with Crippen molar-refractivity contribution >= 4 is 6.08 Å². The minimum atomic E-state index is 0.0810. The molecule has 0 amide bonds. The summed E-state index contributed by atoms with van der Waals surface area (Å²) in [5.41, 5.74) is 2.07. The molecule has 1 aliphatic rings. The molecule has 0 aliphatic heterocycles. The van der Waals surface area contributed by atoms with Gasteiger partial charge in [0.05, 0.1) is 14.2 Å². The van der Waals surface area contributed by atoms with E-state index in [1.807, 2.05) is 18.2 Å². The zero-order valence-corrected chi connectivity index (χ0v) is 8.20. The Kier molecular flexibility index (Phi) is 2.08. The maximum atomic E-state index is 9.78. The molecule has 0 atom stereocenters. The molecule has 0 saturated heterocycles. The first-order valence-electron chi connectivity index (χ1n) is 4.41. The molecule has 1 aromatic rings. The van der Waals surface area contributed by atoms with E-state index in [9.17, 15) is 5.11 Å². The Hall–Kier alpha value is -1.64. The van der Waals surface area contributed by atoms with E-state index in [1.165, 1.54) is 7.11 Å². The molecule has 1 aliphatic carbocycles. The number of ether oxygens (including phenoxy) is 2. The van der Waals surface area contributed by atoms with Crippen LogP contribution in [0.2, 0.25) is 0 Å². The molecule has 1 aromatic carbocycles. The van der Waals surface area contributed by atoms with Crippen LogP contribution in [0.5, 0.6) is 17.2 Å². The van der Waals surface area contributed by atoms with Gasteiger partial charge >= 0.3 is 0 Å². The van der Waals surface area contributed by atoms with Gasteiger partial charge in [-0.05, 0) is 18.1 Å². The summed E-state index contributed by atoms with van der Waals surface area (Å²) in [4.78, 5) is 0. The van der Waals surface area contributed by atoms with Crippen molar-refractivity contribution in [2.24, 2.45) is 0 Å². The summed E-state index contributed by atoms with van der Waals surface area (Å²) in [6.45, 7) is 0. The first kappa shape index (κ1) is 8.94. The topological polar surface area (TPSA) is 38.7 Å². The van der Waals surface area contributed by atoms with Crippen LogP contribution < -0.4 is 9.47 Å². The highest BCUT2D eigenvalue weighted by molar-refractivity contribution is 5.70. The van der Waals surface area contributed by atoms with Crippen LogP contribution in [-0.4, -0.2) is 19.3 Å². The van der Waals surface area contributed by atoms with E-state index in [1.54, 1.807) is 7.11 Å². The third-order valence-corrected chi connectivity index (χ3v) is 2.40. The van der Waals surface area contributed by atoms with Crippen LogP contribution >= 0.6 is 0 Å². The molecule has 3 heteroatoms. The number of fused-ring (bicyclic) bond motifs is 1. The Bertz CT molecular complexity index is 394. The van der Waals surface area contributed by atoms with E-state index < -0.39 is 0 Å². The molecule has 0 bridgehead atoms. The van der Waals surface area contributed by atoms with Crippen LogP contribution in [-0.2, 0) is 6.42 Å². The van der Waals surface area contributed by atoms with Gasteiger partial charge in [0.25, 0.3) is 0 Å². The second-order valence-corrected chi connectivity index (χ2v) is 3.13. The molecular formula is C11H12O3. The standard InChI is InChI=1S/C11H12O3/c1-13-9-6-7-4-3-5-8(7)11(14-2)10(9)12/h3-4,6,12H,5H2,1-2H3. The summed E-state index contributed by atoms with van der Waals surface area (Å²) in [6.07, 6.45) is 4.84. The van der Waals surface area contributed by atoms with E-state index >= 15 is 0 Å². The van der Waals surface area contributed by atoms with Gasteiger partial charge < -0.3 is 14.6 Å². The van der Waals surface area contributed by atoms with Gasteiger partial charge in [0.15, 0.2) is 11.5 Å². The summed E-state index contributed by atoms with van der Waals surface area (Å²) in [5, 5.41) is 9.78. The largest absolute Gasteiger partial charge is 0.502 e. The van der Waals surface area contributed by atoms with Gasteiger partial charge in [-0.25, -0.2) is 0 Å². The lowest BCUT2D eigenvalue weighted by molar-refractivity contribution is 0.338. The maximum Gasteiger partial charge on any atom is 0.201 e.